The number of nitrogens with zero attached hydrogens (tertiary/aromatic N) is 2. The molecule has 0 aliphatic rings. The standard InChI is InChI=1S/C13H22N2O2S/c1-14(2)7-5-8-15(9-10-17-3)13(16)12-6-4-11-18-12/h4,6,11H,5,7-10H2,1-3H3. The van der Waals surface area contributed by atoms with E-state index in [1.165, 1.54) is 11.3 Å². The normalized spacial score (nSPS) is 10.9. The van der Waals surface area contributed by atoms with Crippen molar-refractivity contribution in [2.45, 2.75) is 6.42 Å². The van der Waals surface area contributed by atoms with Crippen LogP contribution in [0.5, 0.6) is 0 Å². The summed E-state index contributed by atoms with van der Waals surface area (Å²) in [6.45, 7) is 3.00. The molecule has 0 atom stereocenters. The third kappa shape index (κ3) is 5.16. The minimum atomic E-state index is 0.112. The third-order valence-corrected chi connectivity index (χ3v) is 3.48. The maximum atomic E-state index is 12.3. The second-order valence-corrected chi connectivity index (χ2v) is 5.37. The van der Waals surface area contributed by atoms with Crippen LogP contribution < -0.4 is 0 Å². The first kappa shape index (κ1) is 15.1. The number of methoxy groups -OCH3 is 1. The van der Waals surface area contributed by atoms with E-state index in [1.54, 1.807) is 7.11 Å². The monoisotopic (exact) mass is 270 g/mol. The Bertz CT molecular complexity index is 339. The van der Waals surface area contributed by atoms with E-state index >= 15 is 0 Å². The maximum absolute atomic E-state index is 12.3. The smallest absolute Gasteiger partial charge is 0.263 e. The zero-order valence-corrected chi connectivity index (χ0v) is 12.2. The van der Waals surface area contributed by atoms with Gasteiger partial charge in [-0.1, -0.05) is 6.07 Å². The number of carbonyl (C=O) groups is 1. The van der Waals surface area contributed by atoms with Gasteiger partial charge in [0.25, 0.3) is 5.91 Å². The van der Waals surface area contributed by atoms with Gasteiger partial charge in [-0.25, -0.2) is 0 Å². The molecule has 102 valence electrons. The number of hydrogen-bond acceptors (Lipinski definition) is 4. The molecule has 4 nitrogen and oxygen atoms in total. The molecule has 0 N–H and O–H groups in total. The molecule has 0 radical (unpaired) electrons. The van der Waals surface area contributed by atoms with Crippen molar-refractivity contribution in [1.82, 2.24) is 9.80 Å². The Morgan fingerprint density at radius 1 is 1.33 bits per heavy atom. The van der Waals surface area contributed by atoms with Crippen LogP contribution in [0.25, 0.3) is 0 Å². The highest BCUT2D eigenvalue weighted by Crippen LogP contribution is 2.12. The van der Waals surface area contributed by atoms with E-state index in [1.807, 2.05) is 36.5 Å². The lowest BCUT2D eigenvalue weighted by molar-refractivity contribution is 0.0694. The topological polar surface area (TPSA) is 32.8 Å². The molecule has 0 unspecified atom stereocenters. The van der Waals surface area contributed by atoms with E-state index in [2.05, 4.69) is 4.90 Å². The molecule has 0 saturated heterocycles. The van der Waals surface area contributed by atoms with Gasteiger partial charge in [0.1, 0.15) is 0 Å². The lowest BCUT2D eigenvalue weighted by atomic mass is 10.3. The lowest BCUT2D eigenvalue weighted by Gasteiger charge is -2.22. The average molecular weight is 270 g/mol. The summed E-state index contributed by atoms with van der Waals surface area (Å²) < 4.78 is 5.07. The van der Waals surface area contributed by atoms with Gasteiger partial charge in [-0.15, -0.1) is 11.3 Å². The summed E-state index contributed by atoms with van der Waals surface area (Å²) >= 11 is 1.49. The summed E-state index contributed by atoms with van der Waals surface area (Å²) in [5.74, 6) is 0.112. The van der Waals surface area contributed by atoms with Crippen LogP contribution in [0.15, 0.2) is 17.5 Å². The molecule has 0 bridgehead atoms. The van der Waals surface area contributed by atoms with Crippen LogP contribution >= 0.6 is 11.3 Å². The Morgan fingerprint density at radius 2 is 2.11 bits per heavy atom. The van der Waals surface area contributed by atoms with Crippen molar-refractivity contribution in [2.75, 3.05) is 47.4 Å². The van der Waals surface area contributed by atoms with Crippen molar-refractivity contribution >= 4 is 17.2 Å². The van der Waals surface area contributed by atoms with Gasteiger partial charge in [0.05, 0.1) is 11.5 Å². The number of thiophene rings is 1. The summed E-state index contributed by atoms with van der Waals surface area (Å²) in [6, 6.07) is 3.78. The molecule has 0 aliphatic heterocycles. The summed E-state index contributed by atoms with van der Waals surface area (Å²) in [5, 5.41) is 1.93. The minimum Gasteiger partial charge on any atom is -0.383 e. The van der Waals surface area contributed by atoms with Crippen molar-refractivity contribution in [2.24, 2.45) is 0 Å². The largest absolute Gasteiger partial charge is 0.383 e. The molecular formula is C13H22N2O2S. The first-order valence-electron chi connectivity index (χ1n) is 6.11. The van der Waals surface area contributed by atoms with Crippen molar-refractivity contribution in [3.8, 4) is 0 Å². The van der Waals surface area contributed by atoms with E-state index in [9.17, 15) is 4.79 Å². The minimum absolute atomic E-state index is 0.112. The fourth-order valence-corrected chi connectivity index (χ4v) is 2.34. The molecule has 0 spiro atoms. The molecule has 18 heavy (non-hydrogen) atoms. The van der Waals surface area contributed by atoms with Crippen LogP contribution in [0, 0.1) is 0 Å². The second kappa shape index (κ2) is 8.24. The summed E-state index contributed by atoms with van der Waals surface area (Å²) in [7, 11) is 5.74. The molecule has 5 heteroatoms. The Kier molecular flexibility index (Phi) is 6.93. The molecule has 1 aromatic rings. The average Bonchev–Trinajstić information content (AvgIpc) is 2.86. The van der Waals surface area contributed by atoms with Crippen LogP contribution in [0.3, 0.4) is 0 Å². The zero-order chi connectivity index (χ0) is 13.4. The van der Waals surface area contributed by atoms with Crippen molar-refractivity contribution < 1.29 is 9.53 Å². The van der Waals surface area contributed by atoms with Crippen molar-refractivity contribution in [3.63, 3.8) is 0 Å². The lowest BCUT2D eigenvalue weighted by Crippen LogP contribution is -2.35. The Labute approximate surface area is 113 Å². The first-order valence-corrected chi connectivity index (χ1v) is 6.99. The van der Waals surface area contributed by atoms with Crippen LogP contribution in [0.1, 0.15) is 16.1 Å². The second-order valence-electron chi connectivity index (χ2n) is 4.42. The molecule has 1 rings (SSSR count). The van der Waals surface area contributed by atoms with Gasteiger partial charge < -0.3 is 14.5 Å². The number of hydrogen-bond donors (Lipinski definition) is 0. The third-order valence-electron chi connectivity index (χ3n) is 2.62. The quantitative estimate of drug-likeness (QED) is 0.722. The predicted molar refractivity (Wildman–Crippen MR) is 75.3 cm³/mol. The van der Waals surface area contributed by atoms with E-state index < -0.39 is 0 Å². The van der Waals surface area contributed by atoms with Gasteiger partial charge in [-0.2, -0.15) is 0 Å². The van der Waals surface area contributed by atoms with Crippen LogP contribution in [0.2, 0.25) is 0 Å². The predicted octanol–water partition coefficient (Wildman–Crippen LogP) is 1.79. The van der Waals surface area contributed by atoms with E-state index in [0.29, 0.717) is 13.2 Å². The molecule has 1 amide bonds. The Morgan fingerprint density at radius 3 is 2.67 bits per heavy atom. The van der Waals surface area contributed by atoms with Gasteiger partial charge >= 0.3 is 0 Å². The molecular weight excluding hydrogens is 248 g/mol. The van der Waals surface area contributed by atoms with E-state index in [-0.39, 0.29) is 5.91 Å². The molecule has 1 heterocycles. The molecule has 1 aromatic heterocycles. The number of ether oxygens (including phenoxy) is 1. The molecule has 0 aliphatic carbocycles. The maximum Gasteiger partial charge on any atom is 0.263 e. The molecule has 0 fully saturated rings. The molecule has 0 aromatic carbocycles. The number of carbonyl (C=O) groups excluding carboxylic acids is 1. The van der Waals surface area contributed by atoms with Crippen LogP contribution in [-0.4, -0.2) is 63.2 Å². The number of rotatable bonds is 8. The highest BCUT2D eigenvalue weighted by Gasteiger charge is 2.15. The summed E-state index contributed by atoms with van der Waals surface area (Å²) in [4.78, 5) is 17.1. The van der Waals surface area contributed by atoms with Gasteiger partial charge in [-0.05, 0) is 38.5 Å². The highest BCUT2D eigenvalue weighted by atomic mass is 32.1. The van der Waals surface area contributed by atoms with Crippen molar-refractivity contribution in [1.29, 1.82) is 0 Å². The van der Waals surface area contributed by atoms with Gasteiger partial charge in [0, 0.05) is 20.2 Å². The summed E-state index contributed by atoms with van der Waals surface area (Å²) in [5.41, 5.74) is 0. The highest BCUT2D eigenvalue weighted by molar-refractivity contribution is 7.12. The fourth-order valence-electron chi connectivity index (χ4n) is 1.65. The Balaban J connectivity index is 2.51. The van der Waals surface area contributed by atoms with Gasteiger partial charge in [0.15, 0.2) is 0 Å². The van der Waals surface area contributed by atoms with Crippen LogP contribution in [0.4, 0.5) is 0 Å². The SMILES string of the molecule is COCCN(CCCN(C)C)C(=O)c1cccs1. The van der Waals surface area contributed by atoms with E-state index in [0.717, 1.165) is 24.4 Å². The van der Waals surface area contributed by atoms with Crippen LogP contribution in [-0.2, 0) is 4.74 Å². The Hall–Kier alpha value is -0.910. The van der Waals surface area contributed by atoms with E-state index in [4.69, 9.17) is 4.74 Å². The van der Waals surface area contributed by atoms with Gasteiger partial charge in [-0.3, -0.25) is 4.79 Å². The number of amides is 1. The first-order chi connectivity index (χ1) is 8.65. The fraction of sp³-hybridized carbons (Fsp3) is 0.615. The van der Waals surface area contributed by atoms with Crippen molar-refractivity contribution in [3.05, 3.63) is 22.4 Å². The zero-order valence-electron chi connectivity index (χ0n) is 11.4. The summed E-state index contributed by atoms with van der Waals surface area (Å²) in [6.07, 6.45) is 0.980. The molecule has 0 saturated carbocycles. The van der Waals surface area contributed by atoms with Gasteiger partial charge in [0.2, 0.25) is 0 Å².